The number of pyridine rings is 1. The molecule has 1 aromatic carbocycles. The molecule has 0 bridgehead atoms. The maximum Gasteiger partial charge on any atom is 0.227 e. The second-order valence-electron chi connectivity index (χ2n) is 4.92. The van der Waals surface area contributed by atoms with Crippen LogP contribution in [0.1, 0.15) is 13.8 Å². The van der Waals surface area contributed by atoms with Crippen molar-refractivity contribution < 1.29 is 4.74 Å². The fourth-order valence-electron chi connectivity index (χ4n) is 1.99. The lowest BCUT2D eigenvalue weighted by atomic mass is 10.2. The van der Waals surface area contributed by atoms with E-state index in [1.165, 1.54) is 0 Å². The van der Waals surface area contributed by atoms with Gasteiger partial charge in [0.25, 0.3) is 0 Å². The zero-order chi connectivity index (χ0) is 14.7. The number of aromatic nitrogens is 3. The molecule has 0 unspecified atom stereocenters. The first-order chi connectivity index (χ1) is 10.2. The van der Waals surface area contributed by atoms with Gasteiger partial charge in [-0.3, -0.25) is 4.98 Å². The van der Waals surface area contributed by atoms with Gasteiger partial charge >= 0.3 is 0 Å². The number of hydrogen-bond acceptors (Lipinski definition) is 5. The largest absolute Gasteiger partial charge is 0.489 e. The molecule has 1 N–H and O–H groups in total. The minimum absolute atomic E-state index is 0.0884. The summed E-state index contributed by atoms with van der Waals surface area (Å²) in [5.41, 5.74) is 1.65. The monoisotopic (exact) mass is 280 g/mol. The number of para-hydroxylation sites is 1. The van der Waals surface area contributed by atoms with Crippen LogP contribution in [0, 0.1) is 0 Å². The molecule has 0 aliphatic rings. The van der Waals surface area contributed by atoms with Crippen molar-refractivity contribution in [2.45, 2.75) is 20.0 Å². The highest BCUT2D eigenvalue weighted by Crippen LogP contribution is 2.26. The van der Waals surface area contributed by atoms with Crippen molar-refractivity contribution in [1.82, 2.24) is 15.0 Å². The first kappa shape index (κ1) is 13.3. The molecule has 0 spiro atoms. The number of fused-ring (bicyclic) bond motifs is 1. The minimum Gasteiger partial charge on any atom is -0.489 e. The van der Waals surface area contributed by atoms with E-state index in [0.717, 1.165) is 22.3 Å². The maximum absolute atomic E-state index is 5.75. The zero-order valence-electron chi connectivity index (χ0n) is 11.9. The van der Waals surface area contributed by atoms with E-state index in [-0.39, 0.29) is 6.10 Å². The number of nitrogens with one attached hydrogen (secondary N) is 1. The fourth-order valence-corrected chi connectivity index (χ4v) is 1.99. The molecule has 5 heteroatoms. The van der Waals surface area contributed by atoms with Gasteiger partial charge in [-0.05, 0) is 19.9 Å². The molecule has 3 rings (SSSR count). The summed E-state index contributed by atoms with van der Waals surface area (Å²) in [7, 11) is 0. The average Bonchev–Trinajstić information content (AvgIpc) is 2.49. The Balaban J connectivity index is 1.91. The van der Waals surface area contributed by atoms with Crippen LogP contribution < -0.4 is 10.1 Å². The normalized spacial score (nSPS) is 10.8. The van der Waals surface area contributed by atoms with Crippen LogP contribution in [0.15, 0.2) is 48.9 Å². The lowest BCUT2D eigenvalue weighted by Gasteiger charge is -2.14. The molecule has 3 aromatic rings. The third kappa shape index (κ3) is 3.08. The van der Waals surface area contributed by atoms with Crippen LogP contribution in [0.4, 0.5) is 11.6 Å². The van der Waals surface area contributed by atoms with Crippen LogP contribution in [-0.4, -0.2) is 21.1 Å². The summed E-state index contributed by atoms with van der Waals surface area (Å²) < 4.78 is 5.75. The van der Waals surface area contributed by atoms with Crippen LogP contribution in [0.25, 0.3) is 10.9 Å². The summed E-state index contributed by atoms with van der Waals surface area (Å²) in [6.45, 7) is 3.97. The zero-order valence-corrected chi connectivity index (χ0v) is 11.9. The van der Waals surface area contributed by atoms with Crippen LogP contribution in [-0.2, 0) is 0 Å². The van der Waals surface area contributed by atoms with Crippen molar-refractivity contribution in [3.8, 4) is 5.75 Å². The molecule has 5 nitrogen and oxygen atoms in total. The molecular weight excluding hydrogens is 264 g/mol. The van der Waals surface area contributed by atoms with E-state index in [9.17, 15) is 0 Å². The second kappa shape index (κ2) is 5.75. The number of hydrogen-bond donors (Lipinski definition) is 1. The number of anilines is 2. The first-order valence-corrected chi connectivity index (χ1v) is 6.82. The Morgan fingerprint density at radius 1 is 1.10 bits per heavy atom. The Bertz CT molecular complexity index is 758. The van der Waals surface area contributed by atoms with Gasteiger partial charge in [0.2, 0.25) is 5.95 Å². The average molecular weight is 280 g/mol. The Labute approximate surface area is 123 Å². The smallest absolute Gasteiger partial charge is 0.227 e. The van der Waals surface area contributed by atoms with Crippen molar-refractivity contribution in [1.29, 1.82) is 0 Å². The van der Waals surface area contributed by atoms with Crippen LogP contribution in [0.5, 0.6) is 5.75 Å². The van der Waals surface area contributed by atoms with Crippen molar-refractivity contribution in [2.75, 3.05) is 5.32 Å². The van der Waals surface area contributed by atoms with E-state index >= 15 is 0 Å². The van der Waals surface area contributed by atoms with Crippen molar-refractivity contribution in [3.63, 3.8) is 0 Å². The Morgan fingerprint density at radius 2 is 1.95 bits per heavy atom. The molecule has 0 radical (unpaired) electrons. The van der Waals surface area contributed by atoms with E-state index in [4.69, 9.17) is 4.74 Å². The van der Waals surface area contributed by atoms with Gasteiger partial charge in [0.15, 0.2) is 0 Å². The molecule has 0 fully saturated rings. The highest BCUT2D eigenvalue weighted by molar-refractivity contribution is 5.79. The lowest BCUT2D eigenvalue weighted by Crippen LogP contribution is -2.08. The van der Waals surface area contributed by atoms with Crippen LogP contribution >= 0.6 is 0 Å². The molecular formula is C16H16N4O. The summed E-state index contributed by atoms with van der Waals surface area (Å²) in [5, 5.41) is 4.17. The Hall–Kier alpha value is -2.69. The van der Waals surface area contributed by atoms with E-state index in [2.05, 4.69) is 20.3 Å². The van der Waals surface area contributed by atoms with Crippen molar-refractivity contribution in [2.24, 2.45) is 0 Å². The summed E-state index contributed by atoms with van der Waals surface area (Å²) >= 11 is 0. The third-order valence-electron chi connectivity index (χ3n) is 2.88. The molecule has 106 valence electrons. The summed E-state index contributed by atoms with van der Waals surface area (Å²) in [5.74, 6) is 1.26. The predicted molar refractivity (Wildman–Crippen MR) is 82.8 cm³/mol. The molecule has 2 aromatic heterocycles. The maximum atomic E-state index is 5.75. The van der Waals surface area contributed by atoms with Gasteiger partial charge in [0.05, 0.1) is 17.8 Å². The van der Waals surface area contributed by atoms with Gasteiger partial charge in [-0.15, -0.1) is 0 Å². The van der Waals surface area contributed by atoms with E-state index in [1.807, 2.05) is 44.2 Å². The first-order valence-electron chi connectivity index (χ1n) is 6.82. The lowest BCUT2D eigenvalue weighted by molar-refractivity contribution is 0.243. The standard InChI is InChI=1S/C16H16N4O/c1-11(2)21-15-7-8-17-10-14(15)20-16-18-9-12-5-3-4-6-13(12)19-16/h3-11H,1-2H3,(H,18,19,20). The molecule has 0 aliphatic heterocycles. The summed E-state index contributed by atoms with van der Waals surface area (Å²) in [6.07, 6.45) is 5.29. The van der Waals surface area contributed by atoms with Gasteiger partial charge in [-0.25, -0.2) is 9.97 Å². The second-order valence-corrected chi connectivity index (χ2v) is 4.92. The SMILES string of the molecule is CC(C)Oc1ccncc1Nc1ncc2ccccc2n1. The highest BCUT2D eigenvalue weighted by atomic mass is 16.5. The topological polar surface area (TPSA) is 59.9 Å². The van der Waals surface area contributed by atoms with E-state index in [0.29, 0.717) is 5.95 Å². The van der Waals surface area contributed by atoms with Gasteiger partial charge in [-0.1, -0.05) is 18.2 Å². The molecule has 0 saturated heterocycles. The van der Waals surface area contributed by atoms with Gasteiger partial charge < -0.3 is 10.1 Å². The fraction of sp³-hybridized carbons (Fsp3) is 0.188. The molecule has 0 atom stereocenters. The number of ether oxygens (including phenoxy) is 1. The third-order valence-corrected chi connectivity index (χ3v) is 2.88. The van der Waals surface area contributed by atoms with Crippen LogP contribution in [0.2, 0.25) is 0 Å². The van der Waals surface area contributed by atoms with Crippen LogP contribution in [0.3, 0.4) is 0 Å². The Kier molecular flexibility index (Phi) is 3.64. The van der Waals surface area contributed by atoms with Crippen molar-refractivity contribution >= 4 is 22.5 Å². The number of benzene rings is 1. The molecule has 21 heavy (non-hydrogen) atoms. The molecule has 0 amide bonds. The summed E-state index contributed by atoms with van der Waals surface area (Å²) in [6, 6.07) is 9.68. The summed E-state index contributed by atoms with van der Waals surface area (Å²) in [4.78, 5) is 12.9. The minimum atomic E-state index is 0.0884. The van der Waals surface area contributed by atoms with E-state index < -0.39 is 0 Å². The van der Waals surface area contributed by atoms with Gasteiger partial charge in [0, 0.05) is 23.8 Å². The number of nitrogens with zero attached hydrogens (tertiary/aromatic N) is 3. The molecule has 2 heterocycles. The molecule has 0 saturated carbocycles. The quantitative estimate of drug-likeness (QED) is 0.792. The predicted octanol–water partition coefficient (Wildman–Crippen LogP) is 3.56. The van der Waals surface area contributed by atoms with Gasteiger partial charge in [0.1, 0.15) is 11.4 Å². The van der Waals surface area contributed by atoms with E-state index in [1.54, 1.807) is 18.6 Å². The molecule has 0 aliphatic carbocycles. The van der Waals surface area contributed by atoms with Gasteiger partial charge in [-0.2, -0.15) is 0 Å². The number of rotatable bonds is 4. The Morgan fingerprint density at radius 3 is 2.81 bits per heavy atom. The highest BCUT2D eigenvalue weighted by Gasteiger charge is 2.07. The van der Waals surface area contributed by atoms with Crippen molar-refractivity contribution in [3.05, 3.63) is 48.9 Å².